The molecule has 0 saturated carbocycles. The Bertz CT molecular complexity index is 4090. The van der Waals surface area contributed by atoms with Crippen LogP contribution in [0, 0.1) is 11.8 Å². The van der Waals surface area contributed by atoms with Crippen molar-refractivity contribution in [2.75, 3.05) is 42.6 Å². The van der Waals surface area contributed by atoms with Gasteiger partial charge in [0.2, 0.25) is 11.6 Å². The summed E-state index contributed by atoms with van der Waals surface area (Å²) in [5.41, 5.74) is 11.4. The molecule has 1 aromatic heterocycles. The van der Waals surface area contributed by atoms with Crippen LogP contribution < -0.4 is 26.4 Å². The number of nitrogens with zero attached hydrogens (tertiary/aromatic N) is 4. The fourth-order valence-corrected chi connectivity index (χ4v) is 15.0. The van der Waals surface area contributed by atoms with Crippen LogP contribution in [-0.2, 0) is 62.0 Å². The summed E-state index contributed by atoms with van der Waals surface area (Å²) < 4.78 is 133. The molecule has 31 heteroatoms. The normalized spacial score (nSPS) is 21.1. The first-order chi connectivity index (χ1) is 40.7. The zero-order chi connectivity index (χ0) is 63.5. The molecule has 4 aliphatic rings. The largest absolute Gasteiger partial charge is 0.748 e. The third kappa shape index (κ3) is 16.6. The number of hydrogen-bond acceptors (Lipinski definition) is 18. The summed E-state index contributed by atoms with van der Waals surface area (Å²) in [6.07, 6.45) is 13.2. The lowest BCUT2D eigenvalue weighted by atomic mass is 9.75. The average Bonchev–Trinajstić information content (AvgIpc) is 1.75. The maximum atomic E-state index is 13.4. The number of nitrogens with one attached hydrogen (secondary N) is 1. The van der Waals surface area contributed by atoms with E-state index in [9.17, 15) is 59.0 Å². The number of phosphoric ester groups is 1. The molecule has 0 bridgehead atoms. The quantitative estimate of drug-likeness (QED) is 0.0125. The van der Waals surface area contributed by atoms with Crippen molar-refractivity contribution in [3.05, 3.63) is 148 Å². The maximum absolute atomic E-state index is 13.4. The van der Waals surface area contributed by atoms with E-state index in [0.29, 0.717) is 28.5 Å². The minimum Gasteiger partial charge on any atom is -0.748 e. The molecule has 1 saturated heterocycles. The first kappa shape index (κ1) is 66.5. The predicted molar refractivity (Wildman–Crippen MR) is 321 cm³/mol. The molecule has 1 amide bonds. The maximum Gasteiger partial charge on any atom is 0.490 e. The predicted octanol–water partition coefficient (Wildman–Crippen LogP) is 7.37. The van der Waals surface area contributed by atoms with Crippen LogP contribution in [0.25, 0.3) is 16.9 Å². The smallest absolute Gasteiger partial charge is 0.490 e. The van der Waals surface area contributed by atoms with E-state index >= 15 is 0 Å². The molecule has 3 unspecified atom stereocenters. The molecule has 466 valence electrons. The number of rotatable bonds is 23. The second-order valence-corrected chi connectivity index (χ2v) is 28.8. The molecular formula is C56H65N6O20P3S2. The number of aromatic nitrogens is 2. The van der Waals surface area contributed by atoms with Crippen molar-refractivity contribution in [3.8, 4) is 17.6 Å². The number of ether oxygens (including phenoxy) is 2. The standard InChI is InChI=1S/C56H65N6O20P3S2/c1-6-62-47-33-49-44(32-43(47)37(2)34-55(62,3)4)39(30-48(80-49)38-16-9-7-10-17-38)18-11-8-12-20-50-56(5,45-31-42(87(75,76)77)23-24-46(45)60(50)28-15-29-86(72,73)74)26-13-21-51(63)58-27-14-19-40-35-61(54(64)59-53(40)57)52-25-22-41(79-52)36-78-84(68,69)82-85(70,71)81-83(65,66)67/h7-12,16-18,20,23-24,30-35,41,52H,6,13,15,21-22,25-29,36H2,1-5H3,(H8-,57,58,59,63,64,65,66,67,68,69,70,71,72,73,74,75,76,77)/t41-,52+,56?/m0/s1. The van der Waals surface area contributed by atoms with Gasteiger partial charge in [-0.05, 0) is 95.7 Å². The fraction of sp³-hybridized carbons (Fsp3) is 0.357. The van der Waals surface area contributed by atoms with Gasteiger partial charge in [0, 0.05) is 77.5 Å². The van der Waals surface area contributed by atoms with Gasteiger partial charge in [-0.25, -0.2) is 26.9 Å². The average molecular weight is 1300 g/mol. The zero-order valence-electron chi connectivity index (χ0n) is 47.7. The number of fused-ring (bicyclic) bond motifs is 3. The summed E-state index contributed by atoms with van der Waals surface area (Å²) in [5.74, 6) is 5.48. The van der Waals surface area contributed by atoms with E-state index in [1.54, 1.807) is 16.7 Å². The molecule has 8 rings (SSSR count). The Morgan fingerprint density at radius 1 is 0.977 bits per heavy atom. The molecule has 4 aliphatic heterocycles. The molecule has 8 N–H and O–H groups in total. The number of amides is 1. The van der Waals surface area contributed by atoms with E-state index in [2.05, 4.69) is 86.1 Å². The number of benzene rings is 3. The molecule has 5 heterocycles. The van der Waals surface area contributed by atoms with Gasteiger partial charge in [-0.1, -0.05) is 72.6 Å². The Hall–Kier alpha value is -6.47. The minimum absolute atomic E-state index is 0.0314. The van der Waals surface area contributed by atoms with Crippen LogP contribution >= 0.6 is 23.5 Å². The van der Waals surface area contributed by atoms with Gasteiger partial charge in [0.05, 0.1) is 50.8 Å². The second kappa shape index (κ2) is 26.3. The minimum atomic E-state index is -5.75. The van der Waals surface area contributed by atoms with Crippen LogP contribution in [0.15, 0.2) is 119 Å². The lowest BCUT2D eigenvalue weighted by Gasteiger charge is -2.43. The number of phosphoric acid groups is 3. The molecule has 3 aromatic carbocycles. The van der Waals surface area contributed by atoms with E-state index in [0.717, 1.165) is 44.6 Å². The van der Waals surface area contributed by atoms with Crippen LogP contribution in [-0.4, -0.2) is 115 Å². The monoisotopic (exact) mass is 1300 g/mol. The summed E-state index contributed by atoms with van der Waals surface area (Å²) >= 11 is 0. The molecule has 1 fully saturated rings. The first-order valence-corrected chi connectivity index (χ1v) is 34.6. The number of anilines is 2. The van der Waals surface area contributed by atoms with Crippen LogP contribution in [0.3, 0.4) is 0 Å². The number of likely N-dealkylation sites (N-methyl/N-ethyl adjacent to an activating group) is 1. The number of carbonyl (C=O) groups is 1. The number of carbonyl (C=O) groups excluding carboxylic acids is 1. The topological polar surface area (TPSA) is 386 Å². The Morgan fingerprint density at radius 2 is 1.71 bits per heavy atom. The lowest BCUT2D eigenvalue weighted by Crippen LogP contribution is -2.44. The number of nitrogens with two attached hydrogens (primary N) is 1. The van der Waals surface area contributed by atoms with Gasteiger partial charge in [-0.2, -0.15) is 26.6 Å². The van der Waals surface area contributed by atoms with Crippen LogP contribution in [0.2, 0.25) is 0 Å². The molecule has 87 heavy (non-hydrogen) atoms. The second-order valence-electron chi connectivity index (χ2n) is 21.4. The van der Waals surface area contributed by atoms with Crippen molar-refractivity contribution < 1.29 is 91.2 Å². The fourth-order valence-electron chi connectivity index (χ4n) is 11.0. The summed E-state index contributed by atoms with van der Waals surface area (Å²) in [4.78, 5) is 68.7. The third-order valence-electron chi connectivity index (χ3n) is 14.7. The van der Waals surface area contributed by atoms with E-state index in [-0.39, 0.29) is 73.4 Å². The molecule has 0 aliphatic carbocycles. The Kier molecular flexibility index (Phi) is 20.1. The zero-order valence-corrected chi connectivity index (χ0v) is 52.0. The van der Waals surface area contributed by atoms with Crippen molar-refractivity contribution >= 4 is 89.4 Å². The van der Waals surface area contributed by atoms with Gasteiger partial charge in [-0.15, -0.1) is 0 Å². The Balaban J connectivity index is 0.992. The highest BCUT2D eigenvalue weighted by Crippen LogP contribution is 2.66. The number of hydrogen-bond donors (Lipinski definition) is 7. The SMILES string of the molecule is CCN1c2cc3c(cc2C(C)=CC1(C)C)C(=CC=CC=CC1=[N+](CCCS(=O)(=O)[O-])c2ccc(S(=O)(=O)O)cc2C1(C)CCCC(=O)NCC#Cc1cn([C@H]2CC[C@@H](COP(=O)(O)OP(=O)(O)OP(=O)(O)O)O2)c(=O)nc1N)C=C(c1ccccc1)O3. The van der Waals surface area contributed by atoms with Gasteiger partial charge >= 0.3 is 29.2 Å². The van der Waals surface area contributed by atoms with E-state index in [4.69, 9.17) is 25.0 Å². The highest BCUT2D eigenvalue weighted by Gasteiger charge is 2.48. The molecule has 26 nitrogen and oxygen atoms in total. The molecule has 0 spiro atoms. The van der Waals surface area contributed by atoms with Crippen molar-refractivity contribution in [2.24, 2.45) is 0 Å². The Labute approximate surface area is 502 Å². The van der Waals surface area contributed by atoms with Crippen molar-refractivity contribution in [3.63, 3.8) is 0 Å². The van der Waals surface area contributed by atoms with Crippen molar-refractivity contribution in [2.45, 2.75) is 101 Å². The molecular weight excluding hydrogens is 1230 g/mol. The van der Waals surface area contributed by atoms with Crippen molar-refractivity contribution in [1.29, 1.82) is 0 Å². The van der Waals surface area contributed by atoms with E-state index in [1.807, 2.05) is 61.6 Å². The summed E-state index contributed by atoms with van der Waals surface area (Å²) in [6.45, 7) is 10.3. The highest BCUT2D eigenvalue weighted by atomic mass is 32.2. The Morgan fingerprint density at radius 3 is 2.40 bits per heavy atom. The van der Waals surface area contributed by atoms with Gasteiger partial charge in [0.25, 0.3) is 10.1 Å². The first-order valence-electron chi connectivity index (χ1n) is 27.1. The number of nitrogen functional groups attached to an aromatic ring is 1. The van der Waals surface area contributed by atoms with Crippen LogP contribution in [0.5, 0.6) is 5.75 Å². The lowest BCUT2D eigenvalue weighted by molar-refractivity contribution is -0.437. The summed E-state index contributed by atoms with van der Waals surface area (Å²) in [7, 11) is -26.1. The number of allylic oxidation sites excluding steroid dienone is 8. The van der Waals surface area contributed by atoms with Gasteiger partial charge in [0.15, 0.2) is 5.71 Å². The molecule has 4 aromatic rings. The van der Waals surface area contributed by atoms with Gasteiger partial charge < -0.3 is 49.6 Å². The third-order valence-corrected chi connectivity index (χ3v) is 20.1. The van der Waals surface area contributed by atoms with E-state index < -0.39 is 85.4 Å². The molecule has 5 atom stereocenters. The van der Waals surface area contributed by atoms with Gasteiger partial charge in [-0.3, -0.25) is 18.4 Å². The van der Waals surface area contributed by atoms with Crippen LogP contribution in [0.1, 0.15) is 107 Å². The summed E-state index contributed by atoms with van der Waals surface area (Å²) in [6, 6.07) is 18.0. The summed E-state index contributed by atoms with van der Waals surface area (Å²) in [5, 5.41) is 2.70. The van der Waals surface area contributed by atoms with Crippen LogP contribution in [0.4, 0.5) is 17.2 Å². The van der Waals surface area contributed by atoms with Gasteiger partial charge in [0.1, 0.15) is 30.1 Å². The van der Waals surface area contributed by atoms with Crippen molar-refractivity contribution in [1.82, 2.24) is 14.9 Å². The highest BCUT2D eigenvalue weighted by molar-refractivity contribution is 7.86. The van der Waals surface area contributed by atoms with E-state index in [1.165, 1.54) is 24.4 Å². The molecule has 0 radical (unpaired) electrons.